The molecule has 0 bridgehead atoms. The van der Waals surface area contributed by atoms with E-state index < -0.39 is 0 Å². The number of nitrogens with zero attached hydrogens (tertiary/aromatic N) is 6. The summed E-state index contributed by atoms with van der Waals surface area (Å²) >= 11 is 0. The number of hydrogen-bond donors (Lipinski definition) is 0. The number of aryl methyl sites for hydroxylation is 1. The van der Waals surface area contributed by atoms with Crippen LogP contribution >= 0.6 is 0 Å². The van der Waals surface area contributed by atoms with Crippen molar-refractivity contribution in [3.05, 3.63) is 64.3 Å². The molecule has 0 aliphatic carbocycles. The summed E-state index contributed by atoms with van der Waals surface area (Å²) in [6.07, 6.45) is 3.45. The Morgan fingerprint density at radius 1 is 1.26 bits per heavy atom. The lowest BCUT2D eigenvalue weighted by Crippen LogP contribution is -2.23. The third-order valence-electron chi connectivity index (χ3n) is 3.31. The topological polar surface area (TPSA) is 89.4 Å². The maximum absolute atomic E-state index is 12.3. The summed E-state index contributed by atoms with van der Waals surface area (Å²) < 4.78 is 2.62. The van der Waals surface area contributed by atoms with Gasteiger partial charge in [-0.1, -0.05) is 36.8 Å². The molecule has 0 spiro atoms. The zero-order valence-corrected chi connectivity index (χ0v) is 12.5. The Hall–Kier alpha value is -3.27. The zero-order chi connectivity index (χ0) is 16.2. The Kier molecular flexibility index (Phi) is 3.97. The summed E-state index contributed by atoms with van der Waals surface area (Å²) in [5, 5.41) is 21.5. The van der Waals surface area contributed by atoms with Gasteiger partial charge in [-0.3, -0.25) is 4.79 Å². The number of rotatable bonds is 4. The molecule has 0 N–H and O–H groups in total. The largest absolute Gasteiger partial charge is 0.273 e. The highest BCUT2D eigenvalue weighted by Gasteiger charge is 2.13. The summed E-state index contributed by atoms with van der Waals surface area (Å²) in [5.74, 6) is 0. The second kappa shape index (κ2) is 6.23. The van der Waals surface area contributed by atoms with Gasteiger partial charge in [0.05, 0.1) is 17.6 Å². The summed E-state index contributed by atoms with van der Waals surface area (Å²) in [7, 11) is 0. The molecule has 0 unspecified atom stereocenters. The molecule has 3 aromatic rings. The summed E-state index contributed by atoms with van der Waals surface area (Å²) in [6, 6.07) is 12.3. The summed E-state index contributed by atoms with van der Waals surface area (Å²) in [5.41, 5.74) is 1.52. The molecular weight excluding hydrogens is 292 g/mol. The first kappa shape index (κ1) is 14.7. The molecule has 0 atom stereocenters. The van der Waals surface area contributed by atoms with Gasteiger partial charge < -0.3 is 0 Å². The minimum atomic E-state index is -0.335. The normalized spacial score (nSPS) is 10.4. The van der Waals surface area contributed by atoms with Gasteiger partial charge >= 0.3 is 0 Å². The highest BCUT2D eigenvalue weighted by Crippen LogP contribution is 2.11. The van der Waals surface area contributed by atoms with Crippen molar-refractivity contribution >= 4 is 0 Å². The van der Waals surface area contributed by atoms with Crippen molar-refractivity contribution in [1.82, 2.24) is 24.8 Å². The van der Waals surface area contributed by atoms with Crippen molar-refractivity contribution in [2.45, 2.75) is 19.8 Å². The molecule has 0 fully saturated rings. The first-order valence-corrected chi connectivity index (χ1v) is 7.24. The molecule has 0 aliphatic heterocycles. The molecule has 7 nitrogen and oxygen atoms in total. The molecule has 0 saturated heterocycles. The van der Waals surface area contributed by atoms with Gasteiger partial charge in [0, 0.05) is 6.07 Å². The summed E-state index contributed by atoms with van der Waals surface area (Å²) in [6.45, 7) is 2.04. The van der Waals surface area contributed by atoms with E-state index in [9.17, 15) is 10.1 Å². The van der Waals surface area contributed by atoms with Crippen LogP contribution in [0.15, 0.2) is 47.4 Å². The second-order valence-corrected chi connectivity index (χ2v) is 4.98. The van der Waals surface area contributed by atoms with Crippen LogP contribution in [-0.2, 0) is 6.42 Å². The number of para-hydroxylation sites is 1. The predicted molar refractivity (Wildman–Crippen MR) is 83.5 cm³/mol. The van der Waals surface area contributed by atoms with Crippen LogP contribution in [0.3, 0.4) is 0 Å². The average Bonchev–Trinajstić information content (AvgIpc) is 3.04. The van der Waals surface area contributed by atoms with Crippen molar-refractivity contribution in [1.29, 1.82) is 5.26 Å². The first-order valence-electron chi connectivity index (χ1n) is 7.24. The maximum Gasteiger partial charge on any atom is 0.273 e. The maximum atomic E-state index is 12.3. The van der Waals surface area contributed by atoms with Crippen LogP contribution in [0.2, 0.25) is 0 Å². The third kappa shape index (κ3) is 2.87. The van der Waals surface area contributed by atoms with E-state index in [2.05, 4.69) is 15.4 Å². The lowest BCUT2D eigenvalue weighted by Gasteiger charge is -2.07. The molecule has 114 valence electrons. The van der Waals surface area contributed by atoms with Crippen LogP contribution in [0.1, 0.15) is 24.7 Å². The Bertz CT molecular complexity index is 920. The Balaban J connectivity index is 2.11. The molecule has 0 radical (unpaired) electrons. The number of hydrogen-bond acceptors (Lipinski definition) is 5. The van der Waals surface area contributed by atoms with E-state index in [1.807, 2.05) is 19.1 Å². The first-order chi connectivity index (χ1) is 11.2. The van der Waals surface area contributed by atoms with E-state index in [0.717, 1.165) is 18.5 Å². The lowest BCUT2D eigenvalue weighted by atomic mass is 10.3. The van der Waals surface area contributed by atoms with E-state index in [-0.39, 0.29) is 11.3 Å². The highest BCUT2D eigenvalue weighted by atomic mass is 16.1. The number of nitriles is 1. The molecule has 1 aromatic carbocycles. The van der Waals surface area contributed by atoms with E-state index in [0.29, 0.717) is 11.4 Å². The van der Waals surface area contributed by atoms with Crippen molar-refractivity contribution < 1.29 is 0 Å². The smallest absolute Gasteiger partial charge is 0.267 e. The van der Waals surface area contributed by atoms with Gasteiger partial charge in [-0.05, 0) is 18.6 Å². The van der Waals surface area contributed by atoms with Gasteiger partial charge in [0.15, 0.2) is 5.69 Å². The quantitative estimate of drug-likeness (QED) is 0.731. The molecule has 0 amide bonds. The second-order valence-electron chi connectivity index (χ2n) is 4.98. The fourth-order valence-electron chi connectivity index (χ4n) is 2.24. The monoisotopic (exact) mass is 306 g/mol. The van der Waals surface area contributed by atoms with Crippen LogP contribution in [0.5, 0.6) is 0 Å². The van der Waals surface area contributed by atoms with E-state index in [1.54, 1.807) is 30.5 Å². The van der Waals surface area contributed by atoms with Crippen LogP contribution in [-0.4, -0.2) is 24.8 Å². The van der Waals surface area contributed by atoms with Crippen LogP contribution in [0.4, 0.5) is 0 Å². The van der Waals surface area contributed by atoms with Gasteiger partial charge in [0.2, 0.25) is 0 Å². The van der Waals surface area contributed by atoms with E-state index in [1.165, 1.54) is 15.4 Å². The zero-order valence-electron chi connectivity index (χ0n) is 12.5. The van der Waals surface area contributed by atoms with Crippen LogP contribution < -0.4 is 5.56 Å². The molecule has 0 aliphatic rings. The van der Waals surface area contributed by atoms with Gasteiger partial charge in [-0.15, -0.1) is 5.10 Å². The standard InChI is InChI=1S/C16H14N6O/c1-2-6-12-11-21(20-18-12)15-9-16(23)22(19-14(15)10-17)13-7-4-3-5-8-13/h3-5,7-9,11H,2,6H2,1H3. The highest BCUT2D eigenvalue weighted by molar-refractivity contribution is 5.43. The van der Waals surface area contributed by atoms with E-state index >= 15 is 0 Å². The number of aromatic nitrogens is 5. The minimum absolute atomic E-state index is 0.112. The Morgan fingerprint density at radius 3 is 2.74 bits per heavy atom. The van der Waals surface area contributed by atoms with Crippen molar-refractivity contribution in [3.8, 4) is 17.4 Å². The molecule has 23 heavy (non-hydrogen) atoms. The van der Waals surface area contributed by atoms with Crippen molar-refractivity contribution in [2.75, 3.05) is 0 Å². The Labute approximate surface area is 132 Å². The minimum Gasteiger partial charge on any atom is -0.267 e. The third-order valence-corrected chi connectivity index (χ3v) is 3.31. The summed E-state index contributed by atoms with van der Waals surface area (Å²) in [4.78, 5) is 12.3. The van der Waals surface area contributed by atoms with Gasteiger partial charge in [0.25, 0.3) is 5.56 Å². The molecule has 3 rings (SSSR count). The van der Waals surface area contributed by atoms with Crippen molar-refractivity contribution in [2.24, 2.45) is 0 Å². The van der Waals surface area contributed by atoms with Gasteiger partial charge in [-0.2, -0.15) is 15.0 Å². The average molecular weight is 306 g/mol. The molecule has 2 heterocycles. The fraction of sp³-hybridized carbons (Fsp3) is 0.188. The predicted octanol–water partition coefficient (Wildman–Crippen LogP) is 1.64. The van der Waals surface area contributed by atoms with Gasteiger partial charge in [-0.25, -0.2) is 4.68 Å². The fourth-order valence-corrected chi connectivity index (χ4v) is 2.24. The SMILES string of the molecule is CCCc1cn(-c2cc(=O)n(-c3ccccc3)nc2C#N)nn1. The lowest BCUT2D eigenvalue weighted by molar-refractivity contribution is 0.747. The van der Waals surface area contributed by atoms with Crippen LogP contribution in [0, 0.1) is 11.3 Å². The van der Waals surface area contributed by atoms with Crippen LogP contribution in [0.25, 0.3) is 11.4 Å². The molecule has 7 heteroatoms. The Morgan fingerprint density at radius 2 is 2.04 bits per heavy atom. The van der Waals surface area contributed by atoms with E-state index in [4.69, 9.17) is 0 Å². The molecular formula is C16H14N6O. The van der Waals surface area contributed by atoms with Crippen molar-refractivity contribution in [3.63, 3.8) is 0 Å². The molecule has 2 aromatic heterocycles. The number of benzene rings is 1. The van der Waals surface area contributed by atoms with Gasteiger partial charge in [0.1, 0.15) is 11.8 Å². The molecule has 0 saturated carbocycles.